The van der Waals surface area contributed by atoms with Crippen LogP contribution in [-0.4, -0.2) is 34.6 Å². The van der Waals surface area contributed by atoms with Crippen molar-refractivity contribution < 1.29 is 9.53 Å². The van der Waals surface area contributed by atoms with E-state index in [1.165, 1.54) is 12.8 Å². The smallest absolute Gasteiger partial charge is 0.263 e. The predicted octanol–water partition coefficient (Wildman–Crippen LogP) is 3.51. The Morgan fingerprint density at radius 2 is 1.89 bits per heavy atom. The highest BCUT2D eigenvalue weighted by Crippen LogP contribution is 2.21. The molecule has 1 saturated heterocycles. The van der Waals surface area contributed by atoms with E-state index in [4.69, 9.17) is 16.3 Å². The molecule has 1 N–H and O–H groups in total. The first-order valence-corrected chi connectivity index (χ1v) is 9.54. The number of benzene rings is 1. The second kappa shape index (κ2) is 8.13. The lowest BCUT2D eigenvalue weighted by atomic mass is 10.1. The molecule has 2 aromatic rings. The zero-order valence-electron chi connectivity index (χ0n) is 16.0. The summed E-state index contributed by atoms with van der Waals surface area (Å²) in [4.78, 5) is 23.9. The Hall–Kier alpha value is -2.34. The normalized spacial score (nSPS) is 14.3. The van der Waals surface area contributed by atoms with Gasteiger partial charge in [-0.3, -0.25) is 4.79 Å². The van der Waals surface area contributed by atoms with Gasteiger partial charge in [-0.1, -0.05) is 11.6 Å². The highest BCUT2D eigenvalue weighted by Gasteiger charge is 2.30. The lowest BCUT2D eigenvalue weighted by molar-refractivity contribution is -0.134. The van der Waals surface area contributed by atoms with Gasteiger partial charge < -0.3 is 15.0 Å². The summed E-state index contributed by atoms with van der Waals surface area (Å²) in [7, 11) is 0. The monoisotopic (exact) mass is 388 g/mol. The number of ether oxygens (including phenoxy) is 1. The Balaban J connectivity index is 1.63. The van der Waals surface area contributed by atoms with Gasteiger partial charge >= 0.3 is 0 Å². The summed E-state index contributed by atoms with van der Waals surface area (Å²) in [5.41, 5.74) is 0.668. The Bertz CT molecular complexity index is 802. The predicted molar refractivity (Wildman–Crippen MR) is 106 cm³/mol. The molecular weight excluding hydrogens is 364 g/mol. The molecule has 144 valence electrons. The van der Waals surface area contributed by atoms with Gasteiger partial charge in [0.15, 0.2) is 5.60 Å². The van der Waals surface area contributed by atoms with E-state index in [-0.39, 0.29) is 5.91 Å². The van der Waals surface area contributed by atoms with Crippen LogP contribution in [0.4, 0.5) is 5.95 Å². The topological polar surface area (TPSA) is 67.3 Å². The lowest BCUT2D eigenvalue weighted by Gasteiger charge is -2.25. The molecule has 0 unspecified atom stereocenters. The van der Waals surface area contributed by atoms with Crippen molar-refractivity contribution in [3.05, 3.63) is 46.7 Å². The number of carbonyl (C=O) groups is 1. The van der Waals surface area contributed by atoms with E-state index in [2.05, 4.69) is 20.2 Å². The van der Waals surface area contributed by atoms with Gasteiger partial charge in [0.05, 0.1) is 12.2 Å². The number of halogens is 1. The fourth-order valence-corrected chi connectivity index (χ4v) is 3.12. The maximum Gasteiger partial charge on any atom is 0.263 e. The van der Waals surface area contributed by atoms with Crippen LogP contribution < -0.4 is 15.0 Å². The number of nitrogens with zero attached hydrogens (tertiary/aromatic N) is 3. The van der Waals surface area contributed by atoms with E-state index < -0.39 is 5.60 Å². The molecule has 1 aliphatic heterocycles. The molecule has 7 heteroatoms. The quantitative estimate of drug-likeness (QED) is 0.820. The summed E-state index contributed by atoms with van der Waals surface area (Å²) >= 11 is 5.89. The molecule has 1 aromatic carbocycles. The minimum atomic E-state index is -1.02. The number of rotatable bonds is 6. The molecule has 1 amide bonds. The van der Waals surface area contributed by atoms with Crippen LogP contribution in [0.2, 0.25) is 5.02 Å². The van der Waals surface area contributed by atoms with Gasteiger partial charge in [0.2, 0.25) is 5.95 Å². The van der Waals surface area contributed by atoms with Crippen molar-refractivity contribution in [2.24, 2.45) is 0 Å². The Morgan fingerprint density at radius 3 is 2.56 bits per heavy atom. The third-order valence-electron chi connectivity index (χ3n) is 4.45. The molecule has 1 aromatic heterocycles. The number of nitrogens with one attached hydrogen (secondary N) is 1. The molecule has 1 fully saturated rings. The van der Waals surface area contributed by atoms with Crippen LogP contribution in [0.25, 0.3) is 0 Å². The third kappa shape index (κ3) is 5.10. The van der Waals surface area contributed by atoms with Crippen molar-refractivity contribution in [2.45, 2.75) is 45.8 Å². The van der Waals surface area contributed by atoms with E-state index in [1.54, 1.807) is 38.1 Å². The fraction of sp³-hybridized carbons (Fsp3) is 0.450. The standard InChI is InChI=1S/C20H25ClN4O2/c1-14-12-16(24-19(23-14)25-10-4-5-11-25)13-22-18(26)20(2,3)27-17-8-6-15(21)7-9-17/h6-9,12H,4-5,10-11,13H2,1-3H3,(H,22,26). The van der Waals surface area contributed by atoms with Gasteiger partial charge in [-0.2, -0.15) is 0 Å². The minimum Gasteiger partial charge on any atom is -0.478 e. The number of aryl methyl sites for hydroxylation is 1. The molecular formula is C20H25ClN4O2. The summed E-state index contributed by atoms with van der Waals surface area (Å²) < 4.78 is 5.82. The van der Waals surface area contributed by atoms with E-state index in [0.29, 0.717) is 17.3 Å². The first-order chi connectivity index (χ1) is 12.8. The molecule has 1 aliphatic rings. The van der Waals surface area contributed by atoms with Gasteiger partial charge in [0, 0.05) is 23.8 Å². The van der Waals surface area contributed by atoms with Gasteiger partial charge in [0.1, 0.15) is 5.75 Å². The molecule has 0 radical (unpaired) electrons. The van der Waals surface area contributed by atoms with E-state index >= 15 is 0 Å². The average molecular weight is 389 g/mol. The minimum absolute atomic E-state index is 0.212. The fourth-order valence-electron chi connectivity index (χ4n) is 2.99. The van der Waals surface area contributed by atoms with Crippen LogP contribution in [0.1, 0.15) is 38.1 Å². The first kappa shape index (κ1) is 19.4. The number of carbonyl (C=O) groups excluding carboxylic acids is 1. The molecule has 2 heterocycles. The van der Waals surface area contributed by atoms with Crippen molar-refractivity contribution in [3.63, 3.8) is 0 Å². The number of amides is 1. The second-order valence-corrected chi connectivity index (χ2v) is 7.68. The van der Waals surface area contributed by atoms with Gasteiger partial charge in [-0.25, -0.2) is 9.97 Å². The number of hydrogen-bond acceptors (Lipinski definition) is 5. The third-order valence-corrected chi connectivity index (χ3v) is 4.70. The van der Waals surface area contributed by atoms with Crippen molar-refractivity contribution in [2.75, 3.05) is 18.0 Å². The van der Waals surface area contributed by atoms with Crippen LogP contribution >= 0.6 is 11.6 Å². The van der Waals surface area contributed by atoms with Crippen LogP contribution in [0.3, 0.4) is 0 Å². The van der Waals surface area contributed by atoms with E-state index in [0.717, 1.165) is 30.4 Å². The molecule has 0 saturated carbocycles. The zero-order chi connectivity index (χ0) is 19.4. The number of aromatic nitrogens is 2. The first-order valence-electron chi connectivity index (χ1n) is 9.16. The van der Waals surface area contributed by atoms with Crippen LogP contribution in [0.5, 0.6) is 5.75 Å². The summed E-state index contributed by atoms with van der Waals surface area (Å²) in [5, 5.41) is 3.54. The van der Waals surface area contributed by atoms with E-state index in [1.807, 2.05) is 13.0 Å². The maximum absolute atomic E-state index is 12.6. The van der Waals surface area contributed by atoms with Gasteiger partial charge in [-0.15, -0.1) is 0 Å². The molecule has 3 rings (SSSR count). The largest absolute Gasteiger partial charge is 0.478 e. The van der Waals surface area contributed by atoms with Crippen LogP contribution in [0, 0.1) is 6.92 Å². The molecule has 0 bridgehead atoms. The Labute approximate surface area is 164 Å². The summed E-state index contributed by atoms with van der Waals surface area (Å²) in [6, 6.07) is 8.84. The zero-order valence-corrected chi connectivity index (χ0v) is 16.7. The van der Waals surface area contributed by atoms with E-state index in [9.17, 15) is 4.79 Å². The molecule has 0 aliphatic carbocycles. The Morgan fingerprint density at radius 1 is 1.22 bits per heavy atom. The number of hydrogen-bond donors (Lipinski definition) is 1. The number of anilines is 1. The molecule has 0 atom stereocenters. The maximum atomic E-state index is 12.6. The molecule has 0 spiro atoms. The lowest BCUT2D eigenvalue weighted by Crippen LogP contribution is -2.46. The average Bonchev–Trinajstić information content (AvgIpc) is 3.16. The molecule has 6 nitrogen and oxygen atoms in total. The van der Waals surface area contributed by atoms with Crippen molar-refractivity contribution in [3.8, 4) is 5.75 Å². The second-order valence-electron chi connectivity index (χ2n) is 7.24. The van der Waals surface area contributed by atoms with Gasteiger partial charge in [-0.05, 0) is 63.9 Å². The highest BCUT2D eigenvalue weighted by atomic mass is 35.5. The summed E-state index contributed by atoms with van der Waals surface area (Å²) in [5.74, 6) is 1.12. The van der Waals surface area contributed by atoms with Crippen molar-refractivity contribution in [1.82, 2.24) is 15.3 Å². The van der Waals surface area contributed by atoms with Crippen molar-refractivity contribution >= 4 is 23.5 Å². The van der Waals surface area contributed by atoms with Crippen molar-refractivity contribution in [1.29, 1.82) is 0 Å². The SMILES string of the molecule is Cc1cc(CNC(=O)C(C)(C)Oc2ccc(Cl)cc2)nc(N2CCCC2)n1. The summed E-state index contributed by atoms with van der Waals surface area (Å²) in [6.45, 7) is 7.71. The summed E-state index contributed by atoms with van der Waals surface area (Å²) in [6.07, 6.45) is 2.33. The molecule has 27 heavy (non-hydrogen) atoms. The Kier molecular flexibility index (Phi) is 5.85. The van der Waals surface area contributed by atoms with Crippen LogP contribution in [-0.2, 0) is 11.3 Å². The van der Waals surface area contributed by atoms with Gasteiger partial charge in [0.25, 0.3) is 5.91 Å². The van der Waals surface area contributed by atoms with Crippen LogP contribution in [0.15, 0.2) is 30.3 Å². The highest BCUT2D eigenvalue weighted by molar-refractivity contribution is 6.30.